The largest absolute Gasteiger partial charge is 0.426 e. The van der Waals surface area contributed by atoms with Gasteiger partial charge in [0.1, 0.15) is 5.75 Å². The summed E-state index contributed by atoms with van der Waals surface area (Å²) < 4.78 is 5.60. The molecular formula is C20H26N2O2. The molecule has 1 atom stereocenters. The van der Waals surface area contributed by atoms with E-state index in [0.29, 0.717) is 11.7 Å². The quantitative estimate of drug-likeness (QED) is 0.672. The number of aromatic amines is 1. The van der Waals surface area contributed by atoms with Crippen LogP contribution < -0.4 is 4.74 Å². The molecular weight excluding hydrogens is 300 g/mol. The number of aromatic nitrogens is 1. The molecule has 0 aliphatic carbocycles. The van der Waals surface area contributed by atoms with Crippen molar-refractivity contribution in [3.63, 3.8) is 0 Å². The molecule has 1 aromatic heterocycles. The second kappa shape index (κ2) is 5.62. The Morgan fingerprint density at radius 2 is 2.00 bits per heavy atom. The fourth-order valence-electron chi connectivity index (χ4n) is 4.07. The van der Waals surface area contributed by atoms with Crippen LogP contribution in [0.1, 0.15) is 45.1 Å². The van der Waals surface area contributed by atoms with Crippen molar-refractivity contribution in [3.8, 4) is 5.75 Å². The SMILES string of the molecule is CC(C)(C)C(=O)Oc1ccc2[nH]cc(C3CN4CCC3CC4)c2c1. The summed E-state index contributed by atoms with van der Waals surface area (Å²) in [6.45, 7) is 9.29. The number of ether oxygens (including phenoxy) is 1. The van der Waals surface area contributed by atoms with Crippen molar-refractivity contribution in [2.45, 2.75) is 39.5 Å². The van der Waals surface area contributed by atoms with Crippen molar-refractivity contribution in [2.75, 3.05) is 19.6 Å². The molecule has 1 aromatic carbocycles. The number of carbonyl (C=O) groups is 1. The normalized spacial score (nSPS) is 26.7. The molecule has 1 unspecified atom stereocenters. The topological polar surface area (TPSA) is 45.3 Å². The highest BCUT2D eigenvalue weighted by Crippen LogP contribution is 2.41. The zero-order chi connectivity index (χ0) is 16.9. The molecule has 1 N–H and O–H groups in total. The molecule has 4 nitrogen and oxygen atoms in total. The maximum atomic E-state index is 12.2. The highest BCUT2D eigenvalue weighted by molar-refractivity contribution is 5.86. The maximum Gasteiger partial charge on any atom is 0.316 e. The number of nitrogens with zero attached hydrogens (tertiary/aromatic N) is 1. The fourth-order valence-corrected chi connectivity index (χ4v) is 4.07. The van der Waals surface area contributed by atoms with Gasteiger partial charge in [-0.1, -0.05) is 0 Å². The van der Waals surface area contributed by atoms with Crippen LogP contribution in [0.3, 0.4) is 0 Å². The number of hydrogen-bond donors (Lipinski definition) is 1. The van der Waals surface area contributed by atoms with E-state index < -0.39 is 5.41 Å². The van der Waals surface area contributed by atoms with Gasteiger partial charge in [0.2, 0.25) is 0 Å². The van der Waals surface area contributed by atoms with Crippen LogP contribution in [-0.4, -0.2) is 35.5 Å². The van der Waals surface area contributed by atoms with Crippen LogP contribution in [0, 0.1) is 11.3 Å². The Hall–Kier alpha value is -1.81. The first kappa shape index (κ1) is 15.7. The van der Waals surface area contributed by atoms with Crippen molar-refractivity contribution in [1.29, 1.82) is 0 Å². The molecule has 3 aliphatic rings. The highest BCUT2D eigenvalue weighted by atomic mass is 16.5. The van der Waals surface area contributed by atoms with Crippen molar-refractivity contribution >= 4 is 16.9 Å². The lowest BCUT2D eigenvalue weighted by atomic mass is 9.75. The summed E-state index contributed by atoms with van der Waals surface area (Å²) in [5, 5.41) is 1.20. The standard InChI is InChI=1S/C20H26N2O2/c1-20(2,3)19(23)24-14-4-5-18-15(10-14)16(11-21-18)17-12-22-8-6-13(17)7-9-22/h4-5,10-11,13,17,21H,6-9,12H2,1-3H3. The van der Waals surface area contributed by atoms with Crippen LogP contribution in [-0.2, 0) is 4.79 Å². The first-order valence-corrected chi connectivity index (χ1v) is 8.97. The van der Waals surface area contributed by atoms with Gasteiger partial charge in [0, 0.05) is 29.6 Å². The fraction of sp³-hybridized carbons (Fsp3) is 0.550. The second-order valence-electron chi connectivity index (χ2n) is 8.34. The Kier molecular flexibility index (Phi) is 3.68. The predicted molar refractivity (Wildman–Crippen MR) is 95.3 cm³/mol. The lowest BCUT2D eigenvalue weighted by molar-refractivity contribution is -0.142. The maximum absolute atomic E-state index is 12.2. The number of hydrogen-bond acceptors (Lipinski definition) is 3. The average Bonchev–Trinajstić information content (AvgIpc) is 2.98. The number of fused-ring (bicyclic) bond motifs is 4. The van der Waals surface area contributed by atoms with Gasteiger partial charge in [0.05, 0.1) is 5.41 Å². The van der Waals surface area contributed by atoms with E-state index in [-0.39, 0.29) is 5.97 Å². The first-order valence-electron chi connectivity index (χ1n) is 8.97. The molecule has 3 saturated heterocycles. The third kappa shape index (κ3) is 2.73. The van der Waals surface area contributed by atoms with Crippen LogP contribution in [0.15, 0.2) is 24.4 Å². The number of rotatable bonds is 2. The van der Waals surface area contributed by atoms with Crippen LogP contribution in [0.2, 0.25) is 0 Å². The predicted octanol–water partition coefficient (Wildman–Crippen LogP) is 3.93. The zero-order valence-corrected chi connectivity index (χ0v) is 14.8. The van der Waals surface area contributed by atoms with Crippen molar-refractivity contribution in [3.05, 3.63) is 30.0 Å². The van der Waals surface area contributed by atoms with Crippen LogP contribution in [0.4, 0.5) is 0 Å². The summed E-state index contributed by atoms with van der Waals surface area (Å²) in [5.74, 6) is 1.83. The van der Waals surface area contributed by atoms with Crippen molar-refractivity contribution in [2.24, 2.45) is 11.3 Å². The molecule has 0 spiro atoms. The summed E-state index contributed by atoms with van der Waals surface area (Å²) in [7, 11) is 0. The van der Waals surface area contributed by atoms with E-state index in [2.05, 4.69) is 16.1 Å². The Bertz CT molecular complexity index is 764. The molecule has 0 amide bonds. The van der Waals surface area contributed by atoms with E-state index in [4.69, 9.17) is 4.74 Å². The summed E-state index contributed by atoms with van der Waals surface area (Å²) in [6, 6.07) is 5.93. The number of benzene rings is 1. The van der Waals surface area contributed by atoms with Gasteiger partial charge in [-0.25, -0.2) is 0 Å². The van der Waals surface area contributed by atoms with E-state index in [0.717, 1.165) is 18.0 Å². The zero-order valence-electron chi connectivity index (χ0n) is 14.8. The van der Waals surface area contributed by atoms with Crippen LogP contribution in [0.25, 0.3) is 10.9 Å². The molecule has 5 rings (SSSR count). The van der Waals surface area contributed by atoms with E-state index in [1.54, 1.807) is 0 Å². The van der Waals surface area contributed by atoms with Crippen LogP contribution in [0.5, 0.6) is 5.75 Å². The van der Waals surface area contributed by atoms with Crippen LogP contribution >= 0.6 is 0 Å². The monoisotopic (exact) mass is 326 g/mol. The molecule has 4 heterocycles. The Morgan fingerprint density at radius 1 is 1.25 bits per heavy atom. The summed E-state index contributed by atoms with van der Waals surface area (Å²) in [4.78, 5) is 18.1. The van der Waals surface area contributed by atoms with E-state index in [1.807, 2.05) is 39.0 Å². The van der Waals surface area contributed by atoms with Gasteiger partial charge in [-0.3, -0.25) is 4.79 Å². The third-order valence-corrected chi connectivity index (χ3v) is 5.56. The van der Waals surface area contributed by atoms with Gasteiger partial charge in [-0.05, 0) is 76.4 Å². The summed E-state index contributed by atoms with van der Waals surface area (Å²) >= 11 is 0. The third-order valence-electron chi connectivity index (χ3n) is 5.56. The summed E-state index contributed by atoms with van der Waals surface area (Å²) in [6.07, 6.45) is 4.76. The number of piperidine rings is 3. The lowest BCUT2D eigenvalue weighted by Gasteiger charge is -2.44. The van der Waals surface area contributed by atoms with Gasteiger partial charge in [0.25, 0.3) is 0 Å². The van der Waals surface area contributed by atoms with E-state index >= 15 is 0 Å². The molecule has 128 valence electrons. The number of carbonyl (C=O) groups excluding carboxylic acids is 1. The van der Waals surface area contributed by atoms with Gasteiger partial charge < -0.3 is 14.6 Å². The van der Waals surface area contributed by atoms with Gasteiger partial charge in [0.15, 0.2) is 0 Å². The van der Waals surface area contributed by atoms with Gasteiger partial charge >= 0.3 is 5.97 Å². The second-order valence-corrected chi connectivity index (χ2v) is 8.34. The average molecular weight is 326 g/mol. The Morgan fingerprint density at radius 3 is 2.62 bits per heavy atom. The molecule has 0 radical (unpaired) electrons. The number of esters is 1. The van der Waals surface area contributed by atoms with Gasteiger partial charge in [-0.15, -0.1) is 0 Å². The molecule has 3 fully saturated rings. The van der Waals surface area contributed by atoms with Crippen molar-refractivity contribution in [1.82, 2.24) is 9.88 Å². The molecule has 4 heteroatoms. The number of nitrogens with one attached hydrogen (secondary N) is 1. The molecule has 2 bridgehead atoms. The molecule has 0 saturated carbocycles. The Balaban J connectivity index is 1.65. The minimum Gasteiger partial charge on any atom is -0.426 e. The molecule has 3 aliphatic heterocycles. The Labute approximate surface area is 143 Å². The molecule has 2 aromatic rings. The lowest BCUT2D eigenvalue weighted by Crippen LogP contribution is -2.46. The van der Waals surface area contributed by atoms with E-state index in [1.165, 1.54) is 36.9 Å². The van der Waals surface area contributed by atoms with E-state index in [9.17, 15) is 4.79 Å². The van der Waals surface area contributed by atoms with Gasteiger partial charge in [-0.2, -0.15) is 0 Å². The summed E-state index contributed by atoms with van der Waals surface area (Å²) in [5.41, 5.74) is 2.01. The van der Waals surface area contributed by atoms with Crippen molar-refractivity contribution < 1.29 is 9.53 Å². The number of H-pyrrole nitrogens is 1. The highest BCUT2D eigenvalue weighted by Gasteiger charge is 2.36. The smallest absolute Gasteiger partial charge is 0.316 e. The first-order chi connectivity index (χ1) is 11.4. The minimum atomic E-state index is -0.494. The minimum absolute atomic E-state index is 0.193. The molecule has 24 heavy (non-hydrogen) atoms.